The summed E-state index contributed by atoms with van der Waals surface area (Å²) < 4.78 is 0. The number of amides is 2. The van der Waals surface area contributed by atoms with Gasteiger partial charge in [-0.3, -0.25) is 19.5 Å². The van der Waals surface area contributed by atoms with Gasteiger partial charge in [0.1, 0.15) is 0 Å². The molecule has 1 aliphatic heterocycles. The van der Waals surface area contributed by atoms with Crippen LogP contribution in [0.3, 0.4) is 0 Å². The maximum absolute atomic E-state index is 11.9. The summed E-state index contributed by atoms with van der Waals surface area (Å²) in [6.45, 7) is 5.80. The number of likely N-dealkylation sites (tertiary alicyclic amines) is 1. The molecule has 2 amide bonds. The molecule has 0 atom stereocenters. The molecule has 2 rings (SSSR count). The lowest BCUT2D eigenvalue weighted by Gasteiger charge is -2.33. The summed E-state index contributed by atoms with van der Waals surface area (Å²) in [5.41, 5.74) is 1.76. The van der Waals surface area contributed by atoms with Gasteiger partial charge in [-0.25, -0.2) is 0 Å². The molecule has 1 aromatic rings. The minimum absolute atomic E-state index is 0. The fourth-order valence-corrected chi connectivity index (χ4v) is 3.39. The van der Waals surface area contributed by atoms with Crippen LogP contribution >= 0.6 is 24.0 Å². The van der Waals surface area contributed by atoms with Crippen LogP contribution < -0.4 is 16.0 Å². The Balaban J connectivity index is 0.00000480. The highest BCUT2D eigenvalue weighted by atomic mass is 127. The number of nitrogens with zero attached hydrogens (tertiary/aromatic N) is 3. The van der Waals surface area contributed by atoms with Gasteiger partial charge in [0.25, 0.3) is 5.91 Å². The predicted octanol–water partition coefficient (Wildman–Crippen LogP) is 1.31. The van der Waals surface area contributed by atoms with Crippen molar-refractivity contribution in [3.05, 3.63) is 35.4 Å². The number of benzene rings is 1. The van der Waals surface area contributed by atoms with E-state index in [0.29, 0.717) is 24.7 Å². The van der Waals surface area contributed by atoms with Crippen molar-refractivity contribution in [2.75, 3.05) is 53.9 Å². The van der Waals surface area contributed by atoms with Crippen LogP contribution in [0.5, 0.6) is 0 Å². The van der Waals surface area contributed by atoms with E-state index in [-0.39, 0.29) is 35.8 Å². The Morgan fingerprint density at radius 2 is 1.94 bits per heavy atom. The molecule has 0 unspecified atom stereocenters. The summed E-state index contributed by atoms with van der Waals surface area (Å²) in [6.07, 6.45) is 2.74. The van der Waals surface area contributed by atoms with E-state index in [2.05, 4.69) is 27.8 Å². The molecule has 0 spiro atoms. The number of halogens is 1. The van der Waals surface area contributed by atoms with Crippen LogP contribution in [0, 0.1) is 0 Å². The maximum Gasteiger partial charge on any atom is 0.251 e. The maximum atomic E-state index is 11.9. The third-order valence-corrected chi connectivity index (χ3v) is 5.22. The number of rotatable bonds is 8. The number of nitrogens with one attached hydrogen (secondary N) is 3. The van der Waals surface area contributed by atoms with Crippen LogP contribution in [-0.2, 0) is 11.2 Å². The van der Waals surface area contributed by atoms with Crippen LogP contribution in [0.2, 0.25) is 0 Å². The minimum Gasteiger partial charge on any atom is -0.357 e. The molecule has 174 valence electrons. The Kier molecular flexibility index (Phi) is 12.5. The average Bonchev–Trinajstić information content (AvgIpc) is 2.74. The van der Waals surface area contributed by atoms with E-state index in [0.717, 1.165) is 50.4 Å². The molecule has 1 aliphatic rings. The van der Waals surface area contributed by atoms with Gasteiger partial charge >= 0.3 is 0 Å². The third kappa shape index (κ3) is 9.42. The Morgan fingerprint density at radius 1 is 1.23 bits per heavy atom. The van der Waals surface area contributed by atoms with Crippen molar-refractivity contribution in [2.45, 2.75) is 32.2 Å². The van der Waals surface area contributed by atoms with Gasteiger partial charge in [0.15, 0.2) is 5.96 Å². The molecular weight excluding hydrogens is 507 g/mol. The zero-order valence-corrected chi connectivity index (χ0v) is 21.4. The Labute approximate surface area is 203 Å². The largest absolute Gasteiger partial charge is 0.357 e. The van der Waals surface area contributed by atoms with Crippen molar-refractivity contribution < 1.29 is 9.59 Å². The normalized spacial score (nSPS) is 15.0. The van der Waals surface area contributed by atoms with E-state index < -0.39 is 0 Å². The lowest BCUT2D eigenvalue weighted by molar-refractivity contribution is -0.130. The van der Waals surface area contributed by atoms with E-state index in [1.54, 1.807) is 26.0 Å². The Morgan fingerprint density at radius 3 is 2.55 bits per heavy atom. The molecule has 1 heterocycles. The molecule has 0 bridgehead atoms. The fraction of sp³-hybridized carbons (Fsp3) is 0.591. The van der Waals surface area contributed by atoms with Gasteiger partial charge in [-0.05, 0) is 43.9 Å². The average molecular weight is 544 g/mol. The van der Waals surface area contributed by atoms with Crippen LogP contribution in [0.15, 0.2) is 29.3 Å². The first kappa shape index (κ1) is 27.2. The minimum atomic E-state index is -0.0750. The van der Waals surface area contributed by atoms with E-state index in [1.165, 1.54) is 0 Å². The number of piperidine rings is 1. The highest BCUT2D eigenvalue weighted by Gasteiger charge is 2.22. The van der Waals surface area contributed by atoms with Gasteiger partial charge in [-0.1, -0.05) is 12.1 Å². The SMILES string of the molecule is CCNC(=NCCc1cccc(C(=O)NC)c1)NC1CCN(CC(=O)N(C)C)CC1.I. The number of carbonyl (C=O) groups is 2. The van der Waals surface area contributed by atoms with Gasteiger partial charge in [0.2, 0.25) is 5.91 Å². The number of aliphatic imine (C=N–C) groups is 1. The molecule has 0 aromatic heterocycles. The van der Waals surface area contributed by atoms with E-state index >= 15 is 0 Å². The van der Waals surface area contributed by atoms with Crippen molar-refractivity contribution in [3.63, 3.8) is 0 Å². The predicted molar refractivity (Wildman–Crippen MR) is 136 cm³/mol. The molecule has 0 aliphatic carbocycles. The lowest BCUT2D eigenvalue weighted by Crippen LogP contribution is -2.50. The molecule has 3 N–H and O–H groups in total. The number of guanidine groups is 1. The van der Waals surface area contributed by atoms with Gasteiger partial charge in [-0.15, -0.1) is 24.0 Å². The molecule has 1 saturated heterocycles. The van der Waals surface area contributed by atoms with E-state index in [4.69, 9.17) is 4.99 Å². The molecule has 8 nitrogen and oxygen atoms in total. The summed E-state index contributed by atoms with van der Waals surface area (Å²) in [7, 11) is 5.23. The number of likely N-dealkylation sites (N-methyl/N-ethyl adjacent to an activating group) is 1. The zero-order valence-electron chi connectivity index (χ0n) is 19.1. The Hall–Kier alpha value is -1.88. The summed E-state index contributed by atoms with van der Waals surface area (Å²) in [5.74, 6) is 0.897. The van der Waals surface area contributed by atoms with E-state index in [1.807, 2.05) is 24.3 Å². The molecule has 9 heteroatoms. The first-order chi connectivity index (χ1) is 14.4. The van der Waals surface area contributed by atoms with Gasteiger partial charge in [0, 0.05) is 58.9 Å². The quantitative estimate of drug-likeness (QED) is 0.261. The fourth-order valence-electron chi connectivity index (χ4n) is 3.39. The first-order valence-electron chi connectivity index (χ1n) is 10.7. The molecule has 31 heavy (non-hydrogen) atoms. The first-order valence-corrected chi connectivity index (χ1v) is 10.7. The highest BCUT2D eigenvalue weighted by Crippen LogP contribution is 2.10. The zero-order chi connectivity index (χ0) is 21.9. The van der Waals surface area contributed by atoms with Crippen LogP contribution in [0.1, 0.15) is 35.7 Å². The summed E-state index contributed by atoms with van der Waals surface area (Å²) in [5, 5.41) is 9.50. The van der Waals surface area contributed by atoms with Crippen molar-refractivity contribution in [1.82, 2.24) is 25.8 Å². The molecule has 1 fully saturated rings. The number of hydrogen-bond donors (Lipinski definition) is 3. The molecule has 1 aromatic carbocycles. The Bertz CT molecular complexity index is 732. The monoisotopic (exact) mass is 544 g/mol. The standard InChI is InChI=1S/C22H36N6O2.HI/c1-5-24-22(25-12-9-17-7-6-8-18(15-17)21(30)23-2)26-19-10-13-28(14-11-19)16-20(29)27(3)4;/h6-8,15,19H,5,9-14,16H2,1-4H3,(H,23,30)(H2,24,25,26);1H. The van der Waals surface area contributed by atoms with Crippen molar-refractivity contribution >= 4 is 41.8 Å². The molecule has 0 radical (unpaired) electrons. The van der Waals surface area contributed by atoms with Gasteiger partial charge < -0.3 is 20.9 Å². The second kappa shape index (κ2) is 14.2. The second-order valence-corrected chi connectivity index (χ2v) is 7.77. The summed E-state index contributed by atoms with van der Waals surface area (Å²) in [4.78, 5) is 32.2. The molecular formula is C22H37IN6O2. The molecule has 0 saturated carbocycles. The smallest absolute Gasteiger partial charge is 0.251 e. The van der Waals surface area contributed by atoms with Crippen LogP contribution in [-0.4, -0.2) is 87.5 Å². The lowest BCUT2D eigenvalue weighted by atomic mass is 10.1. The van der Waals surface area contributed by atoms with Crippen molar-refractivity contribution in [3.8, 4) is 0 Å². The van der Waals surface area contributed by atoms with Gasteiger partial charge in [0.05, 0.1) is 6.54 Å². The van der Waals surface area contributed by atoms with Crippen molar-refractivity contribution in [2.24, 2.45) is 4.99 Å². The number of hydrogen-bond acceptors (Lipinski definition) is 4. The van der Waals surface area contributed by atoms with Crippen molar-refractivity contribution in [1.29, 1.82) is 0 Å². The topological polar surface area (TPSA) is 89.1 Å². The third-order valence-electron chi connectivity index (χ3n) is 5.22. The highest BCUT2D eigenvalue weighted by molar-refractivity contribution is 14.0. The van der Waals surface area contributed by atoms with E-state index in [9.17, 15) is 9.59 Å². The number of carbonyl (C=O) groups excluding carboxylic acids is 2. The van der Waals surface area contributed by atoms with Crippen LogP contribution in [0.4, 0.5) is 0 Å². The summed E-state index contributed by atoms with van der Waals surface area (Å²) in [6, 6.07) is 8.01. The second-order valence-electron chi connectivity index (χ2n) is 7.77. The van der Waals surface area contributed by atoms with Gasteiger partial charge in [-0.2, -0.15) is 0 Å². The van der Waals surface area contributed by atoms with Crippen LogP contribution in [0.25, 0.3) is 0 Å². The summed E-state index contributed by atoms with van der Waals surface area (Å²) >= 11 is 0.